The van der Waals surface area contributed by atoms with Gasteiger partial charge in [0.05, 0.1) is 12.0 Å². The maximum atomic E-state index is 10.4. The van der Waals surface area contributed by atoms with Crippen LogP contribution in [0.15, 0.2) is 27.1 Å². The molecule has 1 heterocycles. The molecule has 94 valence electrons. The Hall–Kier alpha value is -1.69. The predicted octanol–water partition coefficient (Wildman–Crippen LogP) is 2.82. The molecule has 0 radical (unpaired) electrons. The van der Waals surface area contributed by atoms with Crippen LogP contribution in [0.5, 0.6) is 0 Å². The molecular weight excluding hydrogens is 300 g/mol. The highest BCUT2D eigenvalue weighted by Gasteiger charge is 2.12. The van der Waals surface area contributed by atoms with Crippen LogP contribution in [0.3, 0.4) is 0 Å². The summed E-state index contributed by atoms with van der Waals surface area (Å²) < 4.78 is 6.30. The number of aliphatic carboxylic acids is 1. The zero-order chi connectivity index (χ0) is 13.1. The van der Waals surface area contributed by atoms with Gasteiger partial charge >= 0.3 is 5.97 Å². The number of carboxylic acids is 1. The summed E-state index contributed by atoms with van der Waals surface area (Å²) in [5.41, 5.74) is 1.92. The number of rotatable bonds is 4. The molecule has 0 saturated carbocycles. The van der Waals surface area contributed by atoms with Gasteiger partial charge in [-0.2, -0.15) is 0 Å². The van der Waals surface area contributed by atoms with Crippen LogP contribution in [0.1, 0.15) is 17.9 Å². The molecule has 0 bridgehead atoms. The van der Waals surface area contributed by atoms with Gasteiger partial charge in [0.2, 0.25) is 11.8 Å². The minimum absolute atomic E-state index is 0.0172. The average Bonchev–Trinajstić information content (AvgIpc) is 2.75. The van der Waals surface area contributed by atoms with Gasteiger partial charge in [-0.05, 0) is 40.5 Å². The van der Waals surface area contributed by atoms with Gasteiger partial charge < -0.3 is 9.52 Å². The van der Waals surface area contributed by atoms with Gasteiger partial charge in [-0.1, -0.05) is 6.07 Å². The fourth-order valence-electron chi connectivity index (χ4n) is 1.47. The number of aryl methyl sites for hydroxylation is 2. The summed E-state index contributed by atoms with van der Waals surface area (Å²) in [6.45, 7) is 1.99. The summed E-state index contributed by atoms with van der Waals surface area (Å²) in [6.07, 6.45) is 0.225. The van der Waals surface area contributed by atoms with Crippen molar-refractivity contribution in [2.24, 2.45) is 0 Å². The summed E-state index contributed by atoms with van der Waals surface area (Å²) in [7, 11) is 0. The van der Waals surface area contributed by atoms with Crippen molar-refractivity contribution < 1.29 is 14.3 Å². The second-order valence-electron chi connectivity index (χ2n) is 3.88. The molecule has 1 aromatic heterocycles. The fraction of sp³-hybridized carbons (Fsp3) is 0.250. The van der Waals surface area contributed by atoms with Gasteiger partial charge in [-0.15, -0.1) is 10.2 Å². The molecule has 0 atom stereocenters. The minimum Gasteiger partial charge on any atom is -0.481 e. The molecule has 0 spiro atoms. The van der Waals surface area contributed by atoms with E-state index in [1.807, 2.05) is 25.1 Å². The monoisotopic (exact) mass is 310 g/mol. The quantitative estimate of drug-likeness (QED) is 0.939. The Morgan fingerprint density at radius 3 is 2.89 bits per heavy atom. The van der Waals surface area contributed by atoms with Crippen molar-refractivity contribution in [2.45, 2.75) is 19.8 Å². The molecule has 1 N–H and O–H groups in total. The molecule has 0 aliphatic carbocycles. The normalized spacial score (nSPS) is 10.6. The van der Waals surface area contributed by atoms with E-state index in [1.165, 1.54) is 0 Å². The van der Waals surface area contributed by atoms with Crippen molar-refractivity contribution in [2.75, 3.05) is 0 Å². The highest BCUT2D eigenvalue weighted by Crippen LogP contribution is 2.28. The first-order valence-corrected chi connectivity index (χ1v) is 6.16. The second kappa shape index (κ2) is 5.30. The molecule has 5 nitrogen and oxygen atoms in total. The molecule has 0 amide bonds. The van der Waals surface area contributed by atoms with E-state index in [0.29, 0.717) is 11.8 Å². The van der Waals surface area contributed by atoms with Crippen molar-refractivity contribution in [3.05, 3.63) is 34.1 Å². The Labute approximate surface area is 112 Å². The molecule has 18 heavy (non-hydrogen) atoms. The van der Waals surface area contributed by atoms with Gasteiger partial charge in [-0.25, -0.2) is 0 Å². The first kappa shape index (κ1) is 12.8. The Kier molecular flexibility index (Phi) is 3.76. The van der Waals surface area contributed by atoms with Crippen molar-refractivity contribution in [3.8, 4) is 11.5 Å². The van der Waals surface area contributed by atoms with E-state index in [4.69, 9.17) is 9.52 Å². The minimum atomic E-state index is -0.883. The Morgan fingerprint density at radius 1 is 1.44 bits per heavy atom. The van der Waals surface area contributed by atoms with E-state index in [1.54, 1.807) is 0 Å². The first-order chi connectivity index (χ1) is 8.56. The average molecular weight is 311 g/mol. The number of carbonyl (C=O) groups is 1. The molecule has 0 fully saturated rings. The molecule has 0 aliphatic rings. The van der Waals surface area contributed by atoms with E-state index in [2.05, 4.69) is 26.1 Å². The summed E-state index contributed by atoms with van der Waals surface area (Å²) >= 11 is 3.43. The third-order valence-electron chi connectivity index (χ3n) is 2.37. The van der Waals surface area contributed by atoms with Crippen molar-refractivity contribution in [1.82, 2.24) is 10.2 Å². The van der Waals surface area contributed by atoms with Crippen LogP contribution in [0.25, 0.3) is 11.5 Å². The fourth-order valence-corrected chi connectivity index (χ4v) is 2.13. The molecule has 0 unspecified atom stereocenters. The third kappa shape index (κ3) is 2.95. The Bertz CT molecular complexity index is 580. The summed E-state index contributed by atoms with van der Waals surface area (Å²) in [6, 6.07) is 5.78. The maximum absolute atomic E-state index is 10.4. The molecule has 2 rings (SSSR count). The van der Waals surface area contributed by atoms with Gasteiger partial charge in [0.1, 0.15) is 0 Å². The maximum Gasteiger partial charge on any atom is 0.303 e. The lowest BCUT2D eigenvalue weighted by molar-refractivity contribution is -0.137. The number of hydrogen-bond acceptors (Lipinski definition) is 4. The molecule has 2 aromatic rings. The first-order valence-electron chi connectivity index (χ1n) is 5.37. The lowest BCUT2D eigenvalue weighted by Crippen LogP contribution is -1.97. The number of nitrogens with zero attached hydrogens (tertiary/aromatic N) is 2. The topological polar surface area (TPSA) is 76.2 Å². The molecule has 0 saturated heterocycles. The van der Waals surface area contributed by atoms with E-state index in [0.717, 1.165) is 15.6 Å². The smallest absolute Gasteiger partial charge is 0.303 e. The van der Waals surface area contributed by atoms with Gasteiger partial charge in [0.15, 0.2) is 0 Å². The molecular formula is C12H11BrN2O3. The lowest BCUT2D eigenvalue weighted by atomic mass is 10.1. The zero-order valence-corrected chi connectivity index (χ0v) is 11.3. The van der Waals surface area contributed by atoms with E-state index < -0.39 is 5.97 Å². The molecule has 0 aliphatic heterocycles. The highest BCUT2D eigenvalue weighted by atomic mass is 79.9. The summed E-state index contributed by atoms with van der Waals surface area (Å²) in [5, 5.41) is 16.3. The highest BCUT2D eigenvalue weighted by molar-refractivity contribution is 9.10. The molecule has 1 aromatic carbocycles. The van der Waals surface area contributed by atoms with Crippen LogP contribution >= 0.6 is 15.9 Å². The number of hydrogen-bond donors (Lipinski definition) is 1. The molecule has 6 heteroatoms. The van der Waals surface area contributed by atoms with Gasteiger partial charge in [0, 0.05) is 10.9 Å². The second-order valence-corrected chi connectivity index (χ2v) is 4.73. The van der Waals surface area contributed by atoms with Gasteiger partial charge in [0.25, 0.3) is 0 Å². The van der Waals surface area contributed by atoms with E-state index >= 15 is 0 Å². The van der Waals surface area contributed by atoms with E-state index in [9.17, 15) is 4.79 Å². The van der Waals surface area contributed by atoms with Crippen LogP contribution in [-0.2, 0) is 11.2 Å². The van der Waals surface area contributed by atoms with Crippen molar-refractivity contribution in [3.63, 3.8) is 0 Å². The van der Waals surface area contributed by atoms with Crippen molar-refractivity contribution in [1.29, 1.82) is 0 Å². The number of aromatic nitrogens is 2. The zero-order valence-electron chi connectivity index (χ0n) is 9.68. The van der Waals surface area contributed by atoms with Crippen molar-refractivity contribution >= 4 is 21.9 Å². The van der Waals surface area contributed by atoms with E-state index in [-0.39, 0.29) is 12.8 Å². The Balaban J connectivity index is 2.21. The van der Waals surface area contributed by atoms with Gasteiger partial charge in [-0.3, -0.25) is 4.79 Å². The van der Waals surface area contributed by atoms with Crippen LogP contribution in [0, 0.1) is 6.92 Å². The third-order valence-corrected chi connectivity index (χ3v) is 3.03. The van der Waals surface area contributed by atoms with Crippen LogP contribution in [0.2, 0.25) is 0 Å². The standard InChI is InChI=1S/C12H11BrN2O3/c1-7-2-3-8(9(13)6-7)12-15-14-10(18-12)4-5-11(16)17/h2-3,6H,4-5H2,1H3,(H,16,17). The van der Waals surface area contributed by atoms with Crippen LogP contribution in [-0.4, -0.2) is 21.3 Å². The number of carboxylic acid groups (broad SMARTS) is 1. The lowest BCUT2D eigenvalue weighted by Gasteiger charge is -2.00. The SMILES string of the molecule is Cc1ccc(-c2nnc(CCC(=O)O)o2)c(Br)c1. The van der Waals surface area contributed by atoms with Crippen LogP contribution < -0.4 is 0 Å². The summed E-state index contributed by atoms with van der Waals surface area (Å²) in [5.74, 6) is -0.159. The predicted molar refractivity (Wildman–Crippen MR) is 68.1 cm³/mol. The summed E-state index contributed by atoms with van der Waals surface area (Å²) in [4.78, 5) is 10.4. The largest absolute Gasteiger partial charge is 0.481 e. The Morgan fingerprint density at radius 2 is 2.22 bits per heavy atom. The van der Waals surface area contributed by atoms with Crippen LogP contribution in [0.4, 0.5) is 0 Å². The number of benzene rings is 1. The number of halogens is 1.